The molecule has 2 heteroatoms. The minimum atomic E-state index is -0.248. The third kappa shape index (κ3) is 4.06. The van der Waals surface area contributed by atoms with Crippen molar-refractivity contribution in [2.45, 2.75) is 26.7 Å². The van der Waals surface area contributed by atoms with Crippen molar-refractivity contribution in [2.24, 2.45) is 0 Å². The second kappa shape index (κ2) is 6.65. The molecule has 0 bridgehead atoms. The van der Waals surface area contributed by atoms with Gasteiger partial charge in [-0.1, -0.05) is 18.9 Å². The molecule has 5 radical (unpaired) electrons. The van der Waals surface area contributed by atoms with Crippen molar-refractivity contribution in [3.8, 4) is 0 Å². The van der Waals surface area contributed by atoms with Gasteiger partial charge in [-0.05, 0) is 39.0 Å². The number of hydrogen-bond donors (Lipinski definition) is 0. The topological polar surface area (TPSA) is 26.3 Å². The molecule has 0 aromatic heterocycles. The maximum absolute atomic E-state index is 11.3. The molecule has 0 heterocycles. The van der Waals surface area contributed by atoms with Crippen LogP contribution < -0.4 is 0 Å². The summed E-state index contributed by atoms with van der Waals surface area (Å²) in [4.78, 5) is 11.3. The first-order valence-corrected chi connectivity index (χ1v) is 5.37. The number of esters is 1. The molecule has 0 aliphatic heterocycles. The van der Waals surface area contributed by atoms with Crippen LogP contribution in [0.2, 0.25) is 0 Å². The zero-order valence-corrected chi connectivity index (χ0v) is 9.32. The molecule has 1 aliphatic rings. The Morgan fingerprint density at radius 2 is 2.00 bits per heavy atom. The first-order chi connectivity index (χ1) is 7.27. The van der Waals surface area contributed by atoms with Crippen molar-refractivity contribution in [1.29, 1.82) is 0 Å². The molecule has 0 atom stereocenters. The summed E-state index contributed by atoms with van der Waals surface area (Å²) < 4.78 is 4.90. The lowest BCUT2D eigenvalue weighted by molar-refractivity contribution is -0.137. The molecule has 0 unspecified atom stereocenters. The summed E-state index contributed by atoms with van der Waals surface area (Å²) in [7, 11) is 0. The average Bonchev–Trinajstić information content (AvgIpc) is 2.70. The highest BCUT2D eigenvalue weighted by atomic mass is 16.5. The second-order valence-electron chi connectivity index (χ2n) is 3.35. The first-order valence-electron chi connectivity index (χ1n) is 5.37. The fraction of sp³-hybridized carbons (Fsp3) is 0.385. The summed E-state index contributed by atoms with van der Waals surface area (Å²) >= 11 is 0. The van der Waals surface area contributed by atoms with Gasteiger partial charge in [0, 0.05) is 12.0 Å². The van der Waals surface area contributed by atoms with E-state index in [1.165, 1.54) is 0 Å². The van der Waals surface area contributed by atoms with E-state index in [9.17, 15) is 4.79 Å². The van der Waals surface area contributed by atoms with Crippen molar-refractivity contribution in [3.05, 3.63) is 43.3 Å². The smallest absolute Gasteiger partial charge is 0.330 e. The Balaban J connectivity index is 2.58. The highest BCUT2D eigenvalue weighted by molar-refractivity contribution is 5.84. The Hall–Kier alpha value is -0.790. The molecule has 15 heavy (non-hydrogen) atoms. The van der Waals surface area contributed by atoms with E-state index in [1.54, 1.807) is 6.08 Å². The van der Waals surface area contributed by atoms with E-state index in [0.29, 0.717) is 6.61 Å². The molecule has 2 nitrogen and oxygen atoms in total. The van der Waals surface area contributed by atoms with E-state index in [2.05, 4.69) is 6.92 Å². The van der Waals surface area contributed by atoms with Crippen molar-refractivity contribution in [1.82, 2.24) is 0 Å². The van der Waals surface area contributed by atoms with Gasteiger partial charge in [0.05, 0.1) is 6.61 Å². The van der Waals surface area contributed by atoms with E-state index in [4.69, 9.17) is 4.74 Å². The molecule has 1 saturated carbocycles. The monoisotopic (exact) mass is 205 g/mol. The highest BCUT2D eigenvalue weighted by Gasteiger charge is 2.21. The van der Waals surface area contributed by atoms with Crippen LogP contribution >= 0.6 is 0 Å². The SMILES string of the molecule is CCC/C(=C\C(=O)OCC)[C]1[CH][CH][CH][CH]1. The van der Waals surface area contributed by atoms with Crippen molar-refractivity contribution in [3.63, 3.8) is 0 Å². The molecule has 0 aromatic carbocycles. The van der Waals surface area contributed by atoms with Crippen LogP contribution in [0.3, 0.4) is 0 Å². The molecule has 1 rings (SSSR count). The van der Waals surface area contributed by atoms with Crippen LogP contribution in [0.15, 0.2) is 11.6 Å². The number of rotatable bonds is 5. The molecule has 0 amide bonds. The van der Waals surface area contributed by atoms with Gasteiger partial charge in [0.2, 0.25) is 0 Å². The van der Waals surface area contributed by atoms with Gasteiger partial charge in [-0.25, -0.2) is 4.79 Å². The number of carbonyl (C=O) groups excluding carboxylic acids is 1. The number of carbonyl (C=O) groups is 1. The number of hydrogen-bond acceptors (Lipinski definition) is 2. The molecule has 0 spiro atoms. The lowest BCUT2D eigenvalue weighted by atomic mass is 9.93. The Labute approximate surface area is 92.7 Å². The molecule has 1 fully saturated rings. The Bertz CT molecular complexity index is 225. The van der Waals surface area contributed by atoms with Gasteiger partial charge < -0.3 is 4.74 Å². The van der Waals surface area contributed by atoms with E-state index in [1.807, 2.05) is 32.6 Å². The predicted octanol–water partition coefficient (Wildman–Crippen LogP) is 2.68. The Morgan fingerprint density at radius 3 is 2.53 bits per heavy atom. The van der Waals surface area contributed by atoms with Crippen LogP contribution in [0.4, 0.5) is 0 Å². The fourth-order valence-corrected chi connectivity index (χ4v) is 1.48. The van der Waals surface area contributed by atoms with E-state index >= 15 is 0 Å². The molecule has 81 valence electrons. The Morgan fingerprint density at radius 1 is 1.33 bits per heavy atom. The molecule has 1 aliphatic carbocycles. The minimum absolute atomic E-state index is 0.248. The molecule has 0 saturated heterocycles. The van der Waals surface area contributed by atoms with Crippen molar-refractivity contribution in [2.75, 3.05) is 6.61 Å². The normalized spacial score (nSPS) is 18.1. The van der Waals surface area contributed by atoms with E-state index in [0.717, 1.165) is 24.3 Å². The van der Waals surface area contributed by atoms with Crippen LogP contribution in [-0.2, 0) is 9.53 Å². The van der Waals surface area contributed by atoms with Crippen LogP contribution in [0, 0.1) is 31.6 Å². The third-order valence-corrected chi connectivity index (χ3v) is 2.13. The van der Waals surface area contributed by atoms with Gasteiger partial charge in [0.25, 0.3) is 0 Å². The summed E-state index contributed by atoms with van der Waals surface area (Å²) in [5.41, 5.74) is 1.06. The minimum Gasteiger partial charge on any atom is -0.463 e. The van der Waals surface area contributed by atoms with Gasteiger partial charge in [-0.15, -0.1) is 0 Å². The zero-order chi connectivity index (χ0) is 11.1. The van der Waals surface area contributed by atoms with Gasteiger partial charge in [0.1, 0.15) is 0 Å². The maximum atomic E-state index is 11.3. The summed E-state index contributed by atoms with van der Waals surface area (Å²) in [6.45, 7) is 4.34. The molecule has 0 aromatic rings. The van der Waals surface area contributed by atoms with Gasteiger partial charge >= 0.3 is 5.97 Å². The molecular formula is C13H17O2. The summed E-state index contributed by atoms with van der Waals surface area (Å²) in [5, 5.41) is 0. The van der Waals surface area contributed by atoms with Crippen LogP contribution in [0.25, 0.3) is 0 Å². The van der Waals surface area contributed by atoms with Gasteiger partial charge in [0.15, 0.2) is 0 Å². The Kier molecular flexibility index (Phi) is 5.44. The zero-order valence-electron chi connectivity index (χ0n) is 9.32. The van der Waals surface area contributed by atoms with Crippen LogP contribution in [0.5, 0.6) is 0 Å². The predicted molar refractivity (Wildman–Crippen MR) is 60.1 cm³/mol. The standard InChI is InChI=1S/C13H17O2/c1-3-7-12(10-13(14)15-4-2)11-8-5-6-9-11/h5-6,8-10H,3-4,7H2,1-2H3/b12-10+. The summed E-state index contributed by atoms with van der Waals surface area (Å²) in [6.07, 6.45) is 11.5. The second-order valence-corrected chi connectivity index (χ2v) is 3.35. The largest absolute Gasteiger partial charge is 0.463 e. The molecular weight excluding hydrogens is 188 g/mol. The van der Waals surface area contributed by atoms with E-state index in [-0.39, 0.29) is 5.97 Å². The van der Waals surface area contributed by atoms with Crippen LogP contribution in [0.1, 0.15) is 26.7 Å². The first kappa shape index (κ1) is 12.3. The van der Waals surface area contributed by atoms with Gasteiger partial charge in [-0.3, -0.25) is 0 Å². The lowest BCUT2D eigenvalue weighted by Gasteiger charge is -2.12. The van der Waals surface area contributed by atoms with Gasteiger partial charge in [-0.2, -0.15) is 0 Å². The third-order valence-electron chi connectivity index (χ3n) is 2.13. The number of ether oxygens (including phenoxy) is 1. The lowest BCUT2D eigenvalue weighted by Crippen LogP contribution is -2.05. The summed E-state index contributed by atoms with van der Waals surface area (Å²) in [6, 6.07) is 0. The molecule has 0 N–H and O–H groups in total. The van der Waals surface area contributed by atoms with Crippen LogP contribution in [-0.4, -0.2) is 12.6 Å². The maximum Gasteiger partial charge on any atom is 0.330 e. The van der Waals surface area contributed by atoms with Crippen molar-refractivity contribution < 1.29 is 9.53 Å². The summed E-state index contributed by atoms with van der Waals surface area (Å²) in [5.74, 6) is 0.868. The average molecular weight is 205 g/mol. The number of allylic oxidation sites excluding steroid dienone is 1. The van der Waals surface area contributed by atoms with Crippen molar-refractivity contribution >= 4 is 5.97 Å². The quantitative estimate of drug-likeness (QED) is 0.509. The highest BCUT2D eigenvalue weighted by Crippen LogP contribution is 2.32. The fourth-order valence-electron chi connectivity index (χ4n) is 1.48. The van der Waals surface area contributed by atoms with E-state index < -0.39 is 0 Å².